The summed E-state index contributed by atoms with van der Waals surface area (Å²) in [6.07, 6.45) is 9.98. The van der Waals surface area contributed by atoms with E-state index in [-0.39, 0.29) is 0 Å². The van der Waals surface area contributed by atoms with Gasteiger partial charge in [0.2, 0.25) is 0 Å². The van der Waals surface area contributed by atoms with Gasteiger partial charge >= 0.3 is 5.97 Å². The van der Waals surface area contributed by atoms with Crippen LogP contribution >= 0.6 is 0 Å². The maximum absolute atomic E-state index is 11.7. The number of nitrogens with zero attached hydrogens (tertiary/aromatic N) is 2. The molecule has 0 radical (unpaired) electrons. The van der Waals surface area contributed by atoms with Gasteiger partial charge in [0.05, 0.1) is 18.3 Å². The molecule has 1 aliphatic heterocycles. The average molecular weight is 335 g/mol. The molecule has 2 fully saturated rings. The molecular weight excluding hydrogens is 306 g/mol. The fraction of sp³-hybridized carbons (Fsp3) is 0.778. The third-order valence-corrected chi connectivity index (χ3v) is 5.52. The highest BCUT2D eigenvalue weighted by molar-refractivity contribution is 5.75. The van der Waals surface area contributed by atoms with E-state index in [0.29, 0.717) is 38.8 Å². The van der Waals surface area contributed by atoms with Crippen molar-refractivity contribution in [2.24, 2.45) is 5.41 Å². The smallest absolute Gasteiger partial charge is 0.313 e. The second kappa shape index (κ2) is 7.66. The predicted molar refractivity (Wildman–Crippen MR) is 90.9 cm³/mol. The Morgan fingerprint density at radius 1 is 1.42 bits per heavy atom. The predicted octanol–water partition coefficient (Wildman–Crippen LogP) is 2.67. The minimum absolute atomic E-state index is 0.301. The molecule has 134 valence electrons. The van der Waals surface area contributed by atoms with E-state index in [0.717, 1.165) is 17.7 Å². The van der Waals surface area contributed by atoms with Crippen molar-refractivity contribution in [3.63, 3.8) is 0 Å². The molecular formula is C18H29N3O3. The maximum atomic E-state index is 11.7. The van der Waals surface area contributed by atoms with Crippen LogP contribution in [0.5, 0.6) is 0 Å². The number of hydrogen-bond donors (Lipinski definition) is 2. The first-order valence-corrected chi connectivity index (χ1v) is 9.17. The Morgan fingerprint density at radius 2 is 2.21 bits per heavy atom. The minimum atomic E-state index is -0.786. The summed E-state index contributed by atoms with van der Waals surface area (Å²) in [5.41, 5.74) is 1.42. The lowest BCUT2D eigenvalue weighted by Gasteiger charge is -2.33. The summed E-state index contributed by atoms with van der Waals surface area (Å²) in [5.74, 6) is -0.760. The molecule has 0 spiro atoms. The van der Waals surface area contributed by atoms with Crippen LogP contribution in [0.1, 0.15) is 62.2 Å². The number of aromatic nitrogens is 2. The van der Waals surface area contributed by atoms with E-state index >= 15 is 0 Å². The number of aliphatic carboxylic acids is 1. The molecule has 0 aromatic carbocycles. The molecule has 2 aliphatic rings. The summed E-state index contributed by atoms with van der Waals surface area (Å²) in [6, 6.07) is 0.531. The normalized spacial score (nSPS) is 25.7. The van der Waals surface area contributed by atoms with Crippen LogP contribution in [0.15, 0.2) is 6.20 Å². The lowest BCUT2D eigenvalue weighted by Crippen LogP contribution is -2.46. The van der Waals surface area contributed by atoms with Gasteiger partial charge in [-0.15, -0.1) is 0 Å². The Labute approximate surface area is 143 Å². The van der Waals surface area contributed by atoms with Crippen molar-refractivity contribution in [1.29, 1.82) is 0 Å². The molecule has 1 aromatic rings. The molecule has 1 aliphatic carbocycles. The Kier molecular flexibility index (Phi) is 5.56. The molecule has 6 nitrogen and oxygen atoms in total. The van der Waals surface area contributed by atoms with Gasteiger partial charge in [0.1, 0.15) is 5.41 Å². The van der Waals surface area contributed by atoms with Crippen LogP contribution in [-0.4, -0.2) is 40.6 Å². The first-order valence-electron chi connectivity index (χ1n) is 9.17. The molecule has 2 heterocycles. The fourth-order valence-corrected chi connectivity index (χ4v) is 3.90. The molecule has 1 saturated heterocycles. The van der Waals surface area contributed by atoms with Gasteiger partial charge in [0, 0.05) is 31.5 Å². The van der Waals surface area contributed by atoms with Crippen molar-refractivity contribution in [2.45, 2.75) is 64.5 Å². The van der Waals surface area contributed by atoms with Gasteiger partial charge in [-0.25, -0.2) is 0 Å². The number of carboxylic acids is 1. The monoisotopic (exact) mass is 335 g/mol. The third-order valence-electron chi connectivity index (χ3n) is 5.52. The van der Waals surface area contributed by atoms with E-state index in [1.807, 2.05) is 6.92 Å². The van der Waals surface area contributed by atoms with Gasteiger partial charge in [-0.3, -0.25) is 9.48 Å². The SMILES string of the molecule is Cc1nn(C2CCCCC2)cc1CNCC1(C(=O)O)CCCOC1. The van der Waals surface area contributed by atoms with Crippen molar-refractivity contribution < 1.29 is 14.6 Å². The molecule has 24 heavy (non-hydrogen) atoms. The van der Waals surface area contributed by atoms with Crippen molar-refractivity contribution in [3.05, 3.63) is 17.5 Å². The molecule has 1 aromatic heterocycles. The molecule has 0 amide bonds. The van der Waals surface area contributed by atoms with Gasteiger partial charge in [-0.2, -0.15) is 5.10 Å². The Morgan fingerprint density at radius 3 is 2.88 bits per heavy atom. The number of carbonyl (C=O) groups is 1. The molecule has 1 unspecified atom stereocenters. The highest BCUT2D eigenvalue weighted by Gasteiger charge is 2.40. The van der Waals surface area contributed by atoms with Crippen molar-refractivity contribution in [2.75, 3.05) is 19.8 Å². The lowest BCUT2D eigenvalue weighted by molar-refractivity contribution is -0.156. The Bertz CT molecular complexity index is 558. The summed E-state index contributed by atoms with van der Waals surface area (Å²) in [7, 11) is 0. The molecule has 2 N–H and O–H groups in total. The molecule has 0 bridgehead atoms. The van der Waals surface area contributed by atoms with Crippen molar-refractivity contribution in [1.82, 2.24) is 15.1 Å². The second-order valence-electron chi connectivity index (χ2n) is 7.36. The Hall–Kier alpha value is -1.40. The first kappa shape index (κ1) is 17.4. The number of nitrogens with one attached hydrogen (secondary N) is 1. The van der Waals surface area contributed by atoms with Crippen LogP contribution in [0.25, 0.3) is 0 Å². The summed E-state index contributed by atoms with van der Waals surface area (Å²) in [5, 5.41) is 17.6. The largest absolute Gasteiger partial charge is 0.481 e. The topological polar surface area (TPSA) is 76.4 Å². The molecule has 6 heteroatoms. The van der Waals surface area contributed by atoms with E-state index in [1.54, 1.807) is 0 Å². The van der Waals surface area contributed by atoms with Crippen LogP contribution in [0.3, 0.4) is 0 Å². The van der Waals surface area contributed by atoms with Gasteiger partial charge in [-0.1, -0.05) is 19.3 Å². The quantitative estimate of drug-likeness (QED) is 0.836. The van der Waals surface area contributed by atoms with Crippen LogP contribution in [0.2, 0.25) is 0 Å². The minimum Gasteiger partial charge on any atom is -0.481 e. The highest BCUT2D eigenvalue weighted by atomic mass is 16.5. The summed E-state index contributed by atoms with van der Waals surface area (Å²) < 4.78 is 7.55. The van der Waals surface area contributed by atoms with E-state index in [4.69, 9.17) is 4.74 Å². The first-order chi connectivity index (χ1) is 11.6. The molecule has 1 atom stereocenters. The van der Waals surface area contributed by atoms with Gasteiger partial charge < -0.3 is 15.2 Å². The Balaban J connectivity index is 1.58. The summed E-state index contributed by atoms with van der Waals surface area (Å²) in [6.45, 7) is 4.11. The number of rotatable bonds is 6. The third kappa shape index (κ3) is 3.81. The van der Waals surface area contributed by atoms with Crippen LogP contribution < -0.4 is 5.32 Å². The zero-order valence-electron chi connectivity index (χ0n) is 14.6. The molecule has 3 rings (SSSR count). The average Bonchev–Trinajstić information content (AvgIpc) is 2.97. The molecule has 1 saturated carbocycles. The second-order valence-corrected chi connectivity index (χ2v) is 7.36. The number of carboxylic acid groups (broad SMARTS) is 1. The zero-order valence-corrected chi connectivity index (χ0v) is 14.6. The van der Waals surface area contributed by atoms with E-state index in [2.05, 4.69) is 21.3 Å². The zero-order chi connectivity index (χ0) is 17.0. The van der Waals surface area contributed by atoms with E-state index in [9.17, 15) is 9.90 Å². The highest BCUT2D eigenvalue weighted by Crippen LogP contribution is 2.29. The van der Waals surface area contributed by atoms with Crippen LogP contribution in [0.4, 0.5) is 0 Å². The van der Waals surface area contributed by atoms with E-state index in [1.165, 1.54) is 32.1 Å². The lowest BCUT2D eigenvalue weighted by atomic mass is 9.82. The number of ether oxygens (including phenoxy) is 1. The summed E-state index contributed by atoms with van der Waals surface area (Å²) in [4.78, 5) is 11.7. The van der Waals surface area contributed by atoms with Gasteiger partial charge in [0.25, 0.3) is 0 Å². The van der Waals surface area contributed by atoms with Gasteiger partial charge in [0.15, 0.2) is 0 Å². The standard InChI is InChI=1S/C18H29N3O3/c1-14-15(11-21(20-14)16-6-3-2-4-7-16)10-19-12-18(17(22)23)8-5-9-24-13-18/h11,16,19H,2-10,12-13H2,1H3,(H,22,23). The number of aryl methyl sites for hydroxylation is 1. The van der Waals surface area contributed by atoms with Crippen LogP contribution in [-0.2, 0) is 16.1 Å². The van der Waals surface area contributed by atoms with Gasteiger partial charge in [-0.05, 0) is 32.6 Å². The summed E-state index contributed by atoms with van der Waals surface area (Å²) >= 11 is 0. The van der Waals surface area contributed by atoms with Crippen molar-refractivity contribution >= 4 is 5.97 Å². The fourth-order valence-electron chi connectivity index (χ4n) is 3.90. The maximum Gasteiger partial charge on any atom is 0.313 e. The number of hydrogen-bond acceptors (Lipinski definition) is 4. The van der Waals surface area contributed by atoms with E-state index < -0.39 is 11.4 Å². The van der Waals surface area contributed by atoms with Crippen molar-refractivity contribution in [3.8, 4) is 0 Å². The van der Waals surface area contributed by atoms with Crippen LogP contribution in [0, 0.1) is 12.3 Å².